The van der Waals surface area contributed by atoms with Crippen LogP contribution in [0.15, 0.2) is 24.3 Å². The maximum atomic E-state index is 12.3. The minimum atomic E-state index is -1.16. The summed E-state index contributed by atoms with van der Waals surface area (Å²) in [6.45, 7) is 3.98. The van der Waals surface area contributed by atoms with E-state index in [1.165, 1.54) is 0 Å². The highest BCUT2D eigenvalue weighted by molar-refractivity contribution is 5.94. The average Bonchev–Trinajstić information content (AvgIpc) is 2.49. The fourth-order valence-corrected chi connectivity index (χ4v) is 3.01. The van der Waals surface area contributed by atoms with Gasteiger partial charge in [-0.25, -0.2) is 9.59 Å². The van der Waals surface area contributed by atoms with Crippen LogP contribution in [0.25, 0.3) is 0 Å². The van der Waals surface area contributed by atoms with Crippen LogP contribution in [0, 0.1) is 5.41 Å². The van der Waals surface area contributed by atoms with E-state index in [0.717, 1.165) is 19.3 Å². The topological polar surface area (TPSA) is 52.6 Å². The summed E-state index contributed by atoms with van der Waals surface area (Å²) in [6.07, 6.45) is 3.35. The molecule has 0 atom stereocenters. The Kier molecular flexibility index (Phi) is 2.85. The van der Waals surface area contributed by atoms with Gasteiger partial charge >= 0.3 is 11.9 Å². The first kappa shape index (κ1) is 13.2. The van der Waals surface area contributed by atoms with Gasteiger partial charge in [-0.2, -0.15) is 0 Å². The Labute approximate surface area is 118 Å². The molecule has 0 unspecified atom stereocenters. The van der Waals surface area contributed by atoms with Crippen molar-refractivity contribution in [2.24, 2.45) is 5.41 Å². The molecular formula is C16H18O4. The van der Waals surface area contributed by atoms with Gasteiger partial charge in [-0.15, -0.1) is 0 Å². The van der Waals surface area contributed by atoms with Crippen molar-refractivity contribution >= 4 is 11.9 Å². The van der Waals surface area contributed by atoms with E-state index in [2.05, 4.69) is 0 Å². The first-order chi connectivity index (χ1) is 9.44. The molecule has 1 aromatic carbocycles. The van der Waals surface area contributed by atoms with Crippen LogP contribution in [0.3, 0.4) is 0 Å². The van der Waals surface area contributed by atoms with Gasteiger partial charge in [-0.3, -0.25) is 0 Å². The summed E-state index contributed by atoms with van der Waals surface area (Å²) in [5.41, 5.74) is 0.516. The fraction of sp³-hybridized carbons (Fsp3) is 0.500. The predicted octanol–water partition coefficient (Wildman–Crippen LogP) is 3.31. The molecule has 0 saturated heterocycles. The summed E-state index contributed by atoms with van der Waals surface area (Å²) in [5, 5.41) is 0. The van der Waals surface area contributed by atoms with Crippen LogP contribution < -0.4 is 0 Å². The molecule has 1 aliphatic carbocycles. The van der Waals surface area contributed by atoms with E-state index in [1.807, 2.05) is 13.8 Å². The van der Waals surface area contributed by atoms with Crippen molar-refractivity contribution in [1.29, 1.82) is 0 Å². The van der Waals surface area contributed by atoms with Gasteiger partial charge in [0, 0.05) is 11.8 Å². The number of ether oxygens (including phenoxy) is 2. The van der Waals surface area contributed by atoms with Crippen LogP contribution in [0.1, 0.15) is 60.2 Å². The third kappa shape index (κ3) is 1.90. The quantitative estimate of drug-likeness (QED) is 0.681. The number of hydrogen-bond donors (Lipinski definition) is 0. The molecule has 3 aliphatic rings. The van der Waals surface area contributed by atoms with E-state index >= 15 is 0 Å². The molecular weight excluding hydrogens is 256 g/mol. The zero-order valence-corrected chi connectivity index (χ0v) is 11.8. The van der Waals surface area contributed by atoms with E-state index in [4.69, 9.17) is 9.47 Å². The molecule has 1 spiro atoms. The van der Waals surface area contributed by atoms with Gasteiger partial charge in [-0.1, -0.05) is 20.3 Å². The summed E-state index contributed by atoms with van der Waals surface area (Å²) in [5.74, 6) is -2.02. The highest BCUT2D eigenvalue weighted by Gasteiger charge is 2.54. The number of carbonyl (C=O) groups is 2. The van der Waals surface area contributed by atoms with Crippen LogP contribution in [0.5, 0.6) is 0 Å². The van der Waals surface area contributed by atoms with Crippen LogP contribution >= 0.6 is 0 Å². The zero-order valence-electron chi connectivity index (χ0n) is 11.8. The van der Waals surface area contributed by atoms with Crippen molar-refractivity contribution in [3.05, 3.63) is 35.4 Å². The molecule has 1 aromatic rings. The fourth-order valence-electron chi connectivity index (χ4n) is 3.01. The average molecular weight is 274 g/mol. The standard InChI is InChI=1S/C16H18O4/c1-15(2)9-3-4-10-16(15)19-13(17)11-5-6-12(8-7-11)14(18)20-16/h5-8H,3-4,9-10H2,1-2H3. The second kappa shape index (κ2) is 4.33. The maximum absolute atomic E-state index is 12.3. The molecule has 0 N–H and O–H groups in total. The molecule has 4 heteroatoms. The molecule has 4 rings (SSSR count). The smallest absolute Gasteiger partial charge is 0.341 e. The van der Waals surface area contributed by atoms with E-state index in [1.54, 1.807) is 24.3 Å². The lowest BCUT2D eigenvalue weighted by atomic mass is 9.72. The Bertz CT molecular complexity index is 519. The lowest BCUT2D eigenvalue weighted by Gasteiger charge is -2.47. The SMILES string of the molecule is CC1(C)CCCCC12OC(=O)c1ccc(cc1)C(=O)O2. The van der Waals surface area contributed by atoms with Gasteiger partial charge < -0.3 is 9.47 Å². The summed E-state index contributed by atoms with van der Waals surface area (Å²) >= 11 is 0. The van der Waals surface area contributed by atoms with Crippen molar-refractivity contribution in [2.75, 3.05) is 0 Å². The molecule has 1 saturated carbocycles. The van der Waals surface area contributed by atoms with Crippen molar-refractivity contribution in [1.82, 2.24) is 0 Å². The predicted molar refractivity (Wildman–Crippen MR) is 72.3 cm³/mol. The maximum Gasteiger partial charge on any atom is 0.341 e. The molecule has 0 aromatic heterocycles. The molecule has 2 heterocycles. The third-order valence-electron chi connectivity index (χ3n) is 4.46. The van der Waals surface area contributed by atoms with Gasteiger partial charge in [0.1, 0.15) is 0 Å². The van der Waals surface area contributed by atoms with E-state index in [0.29, 0.717) is 17.5 Å². The second-order valence-corrected chi connectivity index (χ2v) is 6.20. The molecule has 106 valence electrons. The highest BCUT2D eigenvalue weighted by atomic mass is 16.7. The monoisotopic (exact) mass is 274 g/mol. The largest absolute Gasteiger partial charge is 0.418 e. The first-order valence-electron chi connectivity index (χ1n) is 7.00. The number of carbonyl (C=O) groups excluding carboxylic acids is 2. The minimum absolute atomic E-state index is 0.387. The van der Waals surface area contributed by atoms with Gasteiger partial charge in [0.05, 0.1) is 11.1 Å². The zero-order chi connectivity index (χ0) is 14.4. The first-order valence-corrected chi connectivity index (χ1v) is 7.00. The Balaban J connectivity index is 2.08. The molecule has 0 amide bonds. The van der Waals surface area contributed by atoms with Crippen LogP contribution in [-0.2, 0) is 9.47 Å². The van der Waals surface area contributed by atoms with E-state index in [9.17, 15) is 9.59 Å². The number of benzene rings is 1. The number of rotatable bonds is 0. The van der Waals surface area contributed by atoms with Crippen LogP contribution in [-0.4, -0.2) is 17.7 Å². The van der Waals surface area contributed by atoms with Crippen molar-refractivity contribution in [3.8, 4) is 0 Å². The normalized spacial score (nSPS) is 23.5. The lowest BCUT2D eigenvalue weighted by molar-refractivity contribution is -0.247. The molecule has 0 radical (unpaired) electrons. The van der Waals surface area contributed by atoms with Crippen molar-refractivity contribution < 1.29 is 19.1 Å². The Morgan fingerprint density at radius 3 is 1.75 bits per heavy atom. The van der Waals surface area contributed by atoms with Crippen molar-refractivity contribution in [2.45, 2.75) is 45.3 Å². The number of hydrogen-bond acceptors (Lipinski definition) is 4. The van der Waals surface area contributed by atoms with Crippen molar-refractivity contribution in [3.63, 3.8) is 0 Å². The third-order valence-corrected chi connectivity index (χ3v) is 4.46. The number of esters is 2. The van der Waals surface area contributed by atoms with Gasteiger partial charge in [0.25, 0.3) is 5.79 Å². The molecule has 2 aliphatic heterocycles. The van der Waals surface area contributed by atoms with Gasteiger partial charge in [0.2, 0.25) is 0 Å². The Hall–Kier alpha value is -1.84. The molecule has 4 nitrogen and oxygen atoms in total. The van der Waals surface area contributed by atoms with Gasteiger partial charge in [0.15, 0.2) is 0 Å². The summed E-state index contributed by atoms with van der Waals surface area (Å²) in [6, 6.07) is 6.42. The number of fused-ring (bicyclic) bond motifs is 4. The minimum Gasteiger partial charge on any atom is -0.418 e. The van der Waals surface area contributed by atoms with Crippen LogP contribution in [0.2, 0.25) is 0 Å². The Morgan fingerprint density at radius 2 is 1.30 bits per heavy atom. The Morgan fingerprint density at radius 1 is 0.850 bits per heavy atom. The molecule has 2 bridgehead atoms. The van der Waals surface area contributed by atoms with Crippen LogP contribution in [0.4, 0.5) is 0 Å². The highest BCUT2D eigenvalue weighted by Crippen LogP contribution is 2.48. The summed E-state index contributed by atoms with van der Waals surface area (Å²) < 4.78 is 11.4. The van der Waals surface area contributed by atoms with E-state index in [-0.39, 0.29) is 5.41 Å². The summed E-state index contributed by atoms with van der Waals surface area (Å²) in [4.78, 5) is 24.6. The van der Waals surface area contributed by atoms with Gasteiger partial charge in [-0.05, 0) is 37.1 Å². The molecule has 20 heavy (non-hydrogen) atoms. The lowest BCUT2D eigenvalue weighted by Crippen LogP contribution is -2.53. The summed E-state index contributed by atoms with van der Waals surface area (Å²) in [7, 11) is 0. The second-order valence-electron chi connectivity index (χ2n) is 6.20. The van der Waals surface area contributed by atoms with E-state index < -0.39 is 17.7 Å². The molecule has 1 fully saturated rings.